The fourth-order valence-electron chi connectivity index (χ4n) is 2.12. The zero-order chi connectivity index (χ0) is 15.7. The Kier molecular flexibility index (Phi) is 9.78. The molecule has 1 rings (SSSR count). The summed E-state index contributed by atoms with van der Waals surface area (Å²) in [6.07, 6.45) is 6.37. The van der Waals surface area contributed by atoms with E-state index in [0.29, 0.717) is 29.5 Å². The first-order valence-corrected chi connectivity index (χ1v) is 15.0. The number of halogens is 2. The molecule has 0 bridgehead atoms. The van der Waals surface area contributed by atoms with E-state index in [0.717, 1.165) is 19.3 Å². The van der Waals surface area contributed by atoms with Gasteiger partial charge in [-0.3, -0.25) is 0 Å². The van der Waals surface area contributed by atoms with E-state index in [1.807, 2.05) is 20.8 Å². The van der Waals surface area contributed by atoms with Gasteiger partial charge in [0.25, 0.3) is 0 Å². The summed E-state index contributed by atoms with van der Waals surface area (Å²) in [4.78, 5) is 0. The molecule has 1 aliphatic rings. The summed E-state index contributed by atoms with van der Waals surface area (Å²) < 4.78 is 45.8. The van der Waals surface area contributed by atoms with Crippen LogP contribution in [0.1, 0.15) is 46.5 Å². The van der Waals surface area contributed by atoms with Crippen molar-refractivity contribution in [2.45, 2.75) is 46.5 Å². The Hall–Kier alpha value is 0.646. The van der Waals surface area contributed by atoms with Gasteiger partial charge in [-0.1, -0.05) is 0 Å². The van der Waals surface area contributed by atoms with Gasteiger partial charge in [0.05, 0.1) is 0 Å². The summed E-state index contributed by atoms with van der Waals surface area (Å²) in [5.41, 5.74) is 0. The summed E-state index contributed by atoms with van der Waals surface area (Å²) in [5, 5.41) is 0. The molecule has 0 aromatic heterocycles. The molecular weight excluding hydrogens is 418 g/mol. The van der Waals surface area contributed by atoms with Crippen LogP contribution in [0, 0.1) is 0 Å². The standard InChI is InChI=1S/C5H5F2Ge.3C3H7O.Zr/c6-8(7)5-3-1-2-4-5;3*1-2-3-4;/h1,3,8H,2H2;3*2-3H2,1H3;/q;3*-1;+3. The number of hydrogen-bond acceptors (Lipinski definition) is 3. The Balaban J connectivity index is 3.09. The second-order valence-corrected chi connectivity index (χ2v) is 13.9. The van der Waals surface area contributed by atoms with Crippen molar-refractivity contribution in [2.24, 2.45) is 0 Å². The molecule has 0 aromatic carbocycles. The van der Waals surface area contributed by atoms with Crippen molar-refractivity contribution >= 4 is 15.3 Å². The molecule has 0 amide bonds. The van der Waals surface area contributed by atoms with E-state index in [1.165, 1.54) is 0 Å². The summed E-state index contributed by atoms with van der Waals surface area (Å²) in [5.74, 6) is 0. The second-order valence-electron chi connectivity index (χ2n) is 4.94. The fourth-order valence-corrected chi connectivity index (χ4v) is 14.5. The van der Waals surface area contributed by atoms with Crippen LogP contribution in [0.2, 0.25) is 0 Å². The average Bonchev–Trinajstić information content (AvgIpc) is 2.97. The number of rotatable bonds is 11. The van der Waals surface area contributed by atoms with Crippen LogP contribution in [0.4, 0.5) is 7.00 Å². The first-order chi connectivity index (χ1) is 10.1. The number of allylic oxidation sites excluding steroid dienone is 4. The third kappa shape index (κ3) is 5.65. The van der Waals surface area contributed by atoms with Crippen LogP contribution >= 0.6 is 0 Å². The van der Waals surface area contributed by atoms with Gasteiger partial charge in [-0.2, -0.15) is 0 Å². The van der Waals surface area contributed by atoms with Crippen molar-refractivity contribution in [1.82, 2.24) is 0 Å². The van der Waals surface area contributed by atoms with Crippen molar-refractivity contribution in [1.29, 1.82) is 0 Å². The van der Waals surface area contributed by atoms with Gasteiger partial charge in [0.2, 0.25) is 0 Å². The van der Waals surface area contributed by atoms with Crippen molar-refractivity contribution < 1.29 is 37.0 Å². The second kappa shape index (κ2) is 10.4. The predicted octanol–water partition coefficient (Wildman–Crippen LogP) is 4.08. The zero-order valence-electron chi connectivity index (χ0n) is 13.2. The Bertz CT molecular complexity index is 353. The quantitative estimate of drug-likeness (QED) is 0.450. The summed E-state index contributed by atoms with van der Waals surface area (Å²) in [6, 6.07) is 0. The van der Waals surface area contributed by atoms with Gasteiger partial charge in [-0.25, -0.2) is 0 Å². The Labute approximate surface area is 138 Å². The van der Waals surface area contributed by atoms with Crippen molar-refractivity contribution in [3.05, 3.63) is 19.8 Å². The number of hydrogen-bond donors (Lipinski definition) is 0. The Morgan fingerprint density at radius 1 is 1.00 bits per heavy atom. The molecule has 0 spiro atoms. The van der Waals surface area contributed by atoms with Crippen LogP contribution in [0.5, 0.6) is 0 Å². The van der Waals surface area contributed by atoms with Crippen molar-refractivity contribution in [3.63, 3.8) is 0 Å². The SMILES string of the molecule is CCC[O][Zr]([O]CCC)([O]CCC)[C]1=[C]([GeH]([F])[F])C=CC1. The third-order valence-electron chi connectivity index (χ3n) is 3.06. The zero-order valence-corrected chi connectivity index (χ0v) is 18.0. The minimum absolute atomic E-state index is 0.238. The first kappa shape index (κ1) is 19.7. The van der Waals surface area contributed by atoms with Crippen LogP contribution in [0.15, 0.2) is 19.8 Å². The average molecular weight is 444 g/mol. The van der Waals surface area contributed by atoms with Crippen molar-refractivity contribution in [3.8, 4) is 0 Å². The predicted molar refractivity (Wildman–Crippen MR) is 78.9 cm³/mol. The van der Waals surface area contributed by atoms with Gasteiger partial charge in [0, 0.05) is 0 Å². The van der Waals surface area contributed by atoms with Gasteiger partial charge in [0.1, 0.15) is 0 Å². The van der Waals surface area contributed by atoms with Crippen molar-refractivity contribution in [2.75, 3.05) is 19.8 Å². The Morgan fingerprint density at radius 3 is 1.86 bits per heavy atom. The molecule has 122 valence electrons. The summed E-state index contributed by atoms with van der Waals surface area (Å²) in [7, 11) is 0. The molecule has 0 N–H and O–H groups in total. The van der Waals surface area contributed by atoms with E-state index in [2.05, 4.69) is 0 Å². The topological polar surface area (TPSA) is 27.7 Å². The first-order valence-electron chi connectivity index (χ1n) is 7.71. The van der Waals surface area contributed by atoms with E-state index < -0.39 is 36.9 Å². The van der Waals surface area contributed by atoms with Gasteiger partial charge in [-0.15, -0.1) is 0 Å². The monoisotopic (exact) mass is 444 g/mol. The van der Waals surface area contributed by atoms with Crippen LogP contribution in [-0.4, -0.2) is 35.1 Å². The van der Waals surface area contributed by atoms with E-state index >= 15 is 0 Å². The van der Waals surface area contributed by atoms with Gasteiger partial charge < -0.3 is 0 Å². The molecule has 7 heteroatoms. The molecule has 0 fully saturated rings. The minimum atomic E-state index is -4.36. The van der Waals surface area contributed by atoms with E-state index in [9.17, 15) is 7.00 Å². The van der Waals surface area contributed by atoms with Crippen LogP contribution in [0.3, 0.4) is 0 Å². The maximum absolute atomic E-state index is 13.4. The van der Waals surface area contributed by atoms with Crippen LogP contribution < -0.4 is 0 Å². The van der Waals surface area contributed by atoms with Gasteiger partial charge >= 0.3 is 138 Å². The molecule has 0 radical (unpaired) electrons. The molecule has 0 saturated carbocycles. The maximum atomic E-state index is 13.4. The van der Waals surface area contributed by atoms with E-state index in [4.69, 9.17) is 8.44 Å². The normalized spacial score (nSPS) is 15.5. The molecule has 0 saturated heterocycles. The molecule has 0 heterocycles. The fraction of sp³-hybridized carbons (Fsp3) is 0.714. The molecule has 0 aromatic rings. The van der Waals surface area contributed by atoms with E-state index in [1.54, 1.807) is 12.2 Å². The molecule has 21 heavy (non-hydrogen) atoms. The summed E-state index contributed by atoms with van der Waals surface area (Å²) >= 11 is -8.42. The van der Waals surface area contributed by atoms with Gasteiger partial charge in [-0.05, 0) is 0 Å². The molecule has 0 atom stereocenters. The molecular formula is C14H26F2GeO3Zr. The third-order valence-corrected chi connectivity index (χ3v) is 14.0. The van der Waals surface area contributed by atoms with E-state index in [-0.39, 0.29) is 4.41 Å². The van der Waals surface area contributed by atoms with Crippen LogP contribution in [-0.2, 0) is 30.0 Å². The molecule has 1 aliphatic carbocycles. The Morgan fingerprint density at radius 2 is 1.48 bits per heavy atom. The van der Waals surface area contributed by atoms with Gasteiger partial charge in [0.15, 0.2) is 0 Å². The van der Waals surface area contributed by atoms with Crippen LogP contribution in [0.25, 0.3) is 0 Å². The molecule has 3 nitrogen and oxygen atoms in total. The molecule has 0 aliphatic heterocycles. The molecule has 0 unspecified atom stereocenters. The summed E-state index contributed by atoms with van der Waals surface area (Å²) in [6.45, 7) is 7.54.